The van der Waals surface area contributed by atoms with Gasteiger partial charge in [0, 0.05) is 24.7 Å². The number of carbonyl (C=O) groups excluding carboxylic acids is 1. The third-order valence-corrected chi connectivity index (χ3v) is 6.78. The van der Waals surface area contributed by atoms with Gasteiger partial charge in [0.1, 0.15) is 11.8 Å². The highest BCUT2D eigenvalue weighted by Crippen LogP contribution is 2.22. The van der Waals surface area contributed by atoms with Crippen LogP contribution in [0.1, 0.15) is 29.8 Å². The average Bonchev–Trinajstić information content (AvgIpc) is 2.88. The minimum Gasteiger partial charge on any atom is -0.382 e. The lowest BCUT2D eigenvalue weighted by molar-refractivity contribution is -0.384. The number of nitro groups is 1. The lowest BCUT2D eigenvalue weighted by Gasteiger charge is -2.15. The first-order valence-corrected chi connectivity index (χ1v) is 12.8. The summed E-state index contributed by atoms with van der Waals surface area (Å²) in [4.78, 5) is 43.4. The molecule has 4 aromatic rings. The molecule has 39 heavy (non-hydrogen) atoms. The Morgan fingerprint density at radius 1 is 1.10 bits per heavy atom. The van der Waals surface area contributed by atoms with Crippen LogP contribution >= 0.6 is 0 Å². The van der Waals surface area contributed by atoms with Crippen LogP contribution in [0.3, 0.4) is 0 Å². The van der Waals surface area contributed by atoms with E-state index in [1.165, 1.54) is 55.5 Å². The maximum absolute atomic E-state index is 13.0. The van der Waals surface area contributed by atoms with E-state index in [0.717, 1.165) is 11.6 Å². The number of amides is 1. The Hall–Kier alpha value is -4.95. The number of nitro benzene ring substituents is 1. The zero-order valence-electron chi connectivity index (χ0n) is 20.6. The molecule has 0 fully saturated rings. The maximum Gasteiger partial charge on any atom is 0.276 e. The average molecular weight is 551 g/mol. The summed E-state index contributed by atoms with van der Waals surface area (Å²) in [5, 5.41) is 28.8. The Labute approximate surface area is 221 Å². The summed E-state index contributed by atoms with van der Waals surface area (Å²) in [6.45, 7) is 3.12. The van der Waals surface area contributed by atoms with Gasteiger partial charge in [-0.05, 0) is 42.8 Å². The van der Waals surface area contributed by atoms with Gasteiger partial charge in [-0.15, -0.1) is 0 Å². The van der Waals surface area contributed by atoms with Crippen LogP contribution in [-0.2, 0) is 14.8 Å². The van der Waals surface area contributed by atoms with Crippen LogP contribution in [0.2, 0.25) is 0 Å². The number of nitrogens with zero attached hydrogens (tertiary/aromatic N) is 3. The van der Waals surface area contributed by atoms with Crippen molar-refractivity contribution in [3.05, 3.63) is 104 Å². The van der Waals surface area contributed by atoms with E-state index >= 15 is 0 Å². The summed E-state index contributed by atoms with van der Waals surface area (Å²) < 4.78 is 25.7. The number of rotatable bonds is 8. The first-order valence-electron chi connectivity index (χ1n) is 11.3. The van der Waals surface area contributed by atoms with Crippen molar-refractivity contribution in [1.82, 2.24) is 14.8 Å². The quantitative estimate of drug-likeness (QED) is 0.146. The number of nitrogens with one attached hydrogen (secondary N) is 3. The number of aromatic amines is 1. The number of hydrogen-bond donors (Lipinski definition) is 4. The first-order chi connectivity index (χ1) is 18.4. The van der Waals surface area contributed by atoms with Crippen LogP contribution < -0.4 is 15.7 Å². The number of fused-ring (bicyclic) bond motifs is 1. The number of sulfonamides is 1. The molecule has 3 aromatic carbocycles. The molecule has 0 aliphatic carbocycles. The molecule has 14 heteroatoms. The molecule has 1 heterocycles. The Morgan fingerprint density at radius 2 is 1.77 bits per heavy atom. The fourth-order valence-electron chi connectivity index (χ4n) is 3.59. The number of non-ortho nitro benzene ring substituents is 1. The molecule has 0 bridgehead atoms. The summed E-state index contributed by atoms with van der Waals surface area (Å²) in [6.07, 6.45) is -1.64. The Bertz CT molecular complexity index is 1770. The van der Waals surface area contributed by atoms with Crippen molar-refractivity contribution < 1.29 is 23.2 Å². The number of hydrogen-bond acceptors (Lipinski definition) is 9. The van der Waals surface area contributed by atoms with Crippen LogP contribution in [0.5, 0.6) is 0 Å². The number of anilines is 1. The molecule has 13 nitrogen and oxygen atoms in total. The smallest absolute Gasteiger partial charge is 0.276 e. The third-order valence-electron chi connectivity index (χ3n) is 5.55. The van der Waals surface area contributed by atoms with Gasteiger partial charge in [-0.3, -0.25) is 19.7 Å². The highest BCUT2D eigenvalue weighted by molar-refractivity contribution is 7.89. The zero-order chi connectivity index (χ0) is 28.3. The second kappa shape index (κ2) is 10.8. The van der Waals surface area contributed by atoms with Gasteiger partial charge in [-0.25, -0.2) is 4.98 Å². The van der Waals surface area contributed by atoms with Gasteiger partial charge in [0.25, 0.3) is 21.3 Å². The van der Waals surface area contributed by atoms with Crippen molar-refractivity contribution in [1.29, 1.82) is 0 Å². The molecule has 200 valence electrons. The maximum atomic E-state index is 13.0. The number of benzene rings is 3. The number of H-pyrrole nitrogens is 1. The number of hydrazone groups is 1. The van der Waals surface area contributed by atoms with Crippen molar-refractivity contribution >= 4 is 44.1 Å². The van der Waals surface area contributed by atoms with Crippen LogP contribution in [0.4, 0.5) is 11.4 Å². The Morgan fingerprint density at radius 3 is 2.38 bits per heavy atom. The molecular formula is C25H22N6O7S. The van der Waals surface area contributed by atoms with E-state index in [1.54, 1.807) is 19.1 Å². The van der Waals surface area contributed by atoms with E-state index < -0.39 is 38.0 Å². The van der Waals surface area contributed by atoms with Crippen molar-refractivity contribution in [3.63, 3.8) is 0 Å². The van der Waals surface area contributed by atoms with Crippen molar-refractivity contribution in [2.24, 2.45) is 5.10 Å². The van der Waals surface area contributed by atoms with Crippen LogP contribution in [0, 0.1) is 17.0 Å². The molecule has 4 N–H and O–H groups in total. The molecule has 0 saturated carbocycles. The van der Waals surface area contributed by atoms with Crippen molar-refractivity contribution in [2.45, 2.75) is 24.8 Å². The first kappa shape index (κ1) is 27.1. The predicted molar refractivity (Wildman–Crippen MR) is 143 cm³/mol. The normalized spacial score (nSPS) is 12.6. The molecule has 0 aliphatic rings. The van der Waals surface area contributed by atoms with E-state index in [1.807, 2.05) is 4.83 Å². The van der Waals surface area contributed by atoms with Crippen LogP contribution in [0.25, 0.3) is 11.0 Å². The third kappa shape index (κ3) is 6.14. The number of aliphatic hydroxyl groups is 1. The Kier molecular flexibility index (Phi) is 7.51. The van der Waals surface area contributed by atoms with Gasteiger partial charge >= 0.3 is 0 Å². The molecule has 0 spiro atoms. The highest BCUT2D eigenvalue weighted by Gasteiger charge is 2.24. The monoisotopic (exact) mass is 550 g/mol. The number of aliphatic hydroxyl groups excluding tert-OH is 1. The summed E-state index contributed by atoms with van der Waals surface area (Å²) >= 11 is 0. The summed E-state index contributed by atoms with van der Waals surface area (Å²) in [6, 6.07) is 15.5. The molecule has 0 unspecified atom stereocenters. The predicted octanol–water partition coefficient (Wildman–Crippen LogP) is 2.51. The standard InChI is InChI=1S/C25H22N6O7S/c1-14-3-10-19(11-4-14)39(37,38)30-29-22(24(33)16-5-7-17(8-6-16)26-15(2)32)23-25(34)28-21-13-18(31(35)36)9-12-20(21)27-23/h3-13,24,30,33H,1-2H3,(H,26,32)(H,28,34)/b29-22+/t24-/m0/s1. The van der Waals surface area contributed by atoms with E-state index in [9.17, 15) is 33.2 Å². The molecule has 1 atom stereocenters. The van der Waals surface area contributed by atoms with Gasteiger partial charge in [-0.1, -0.05) is 29.8 Å². The summed E-state index contributed by atoms with van der Waals surface area (Å²) in [5.41, 5.74) is -0.298. The Balaban J connectivity index is 1.81. The van der Waals surface area contributed by atoms with Crippen molar-refractivity contribution in [3.8, 4) is 0 Å². The molecular weight excluding hydrogens is 528 g/mol. The molecule has 0 aliphatic heterocycles. The van der Waals surface area contributed by atoms with Gasteiger partial charge < -0.3 is 15.4 Å². The van der Waals surface area contributed by atoms with Gasteiger partial charge in [-0.2, -0.15) is 18.4 Å². The topological polar surface area (TPSA) is 197 Å². The number of carbonyl (C=O) groups is 1. The van der Waals surface area contributed by atoms with Gasteiger partial charge in [0.2, 0.25) is 5.91 Å². The van der Waals surface area contributed by atoms with Gasteiger partial charge in [0.15, 0.2) is 5.69 Å². The number of aryl methyl sites for hydroxylation is 1. The van der Waals surface area contributed by atoms with E-state index in [2.05, 4.69) is 20.4 Å². The molecule has 0 saturated heterocycles. The molecule has 1 amide bonds. The summed E-state index contributed by atoms with van der Waals surface area (Å²) in [5.74, 6) is -0.303. The lowest BCUT2D eigenvalue weighted by atomic mass is 10.0. The SMILES string of the molecule is CC(=O)Nc1ccc([C@H](O)/C(=N/NS(=O)(=O)c2ccc(C)cc2)c2nc3ccc([N+](=O)[O-])cc3[nH]c2=O)cc1. The summed E-state index contributed by atoms with van der Waals surface area (Å²) in [7, 11) is -4.20. The lowest BCUT2D eigenvalue weighted by Crippen LogP contribution is -2.29. The van der Waals surface area contributed by atoms with Crippen molar-refractivity contribution in [2.75, 3.05) is 5.32 Å². The second-order valence-corrected chi connectivity index (χ2v) is 10.1. The fourth-order valence-corrected chi connectivity index (χ4v) is 4.41. The van der Waals surface area contributed by atoms with E-state index in [4.69, 9.17) is 0 Å². The van der Waals surface area contributed by atoms with Crippen LogP contribution in [-0.4, -0.2) is 40.0 Å². The molecule has 1 aromatic heterocycles. The minimum atomic E-state index is -4.20. The number of aromatic nitrogens is 2. The molecule has 4 rings (SSSR count). The van der Waals surface area contributed by atoms with Crippen LogP contribution in [0.15, 0.2) is 81.5 Å². The van der Waals surface area contributed by atoms with Gasteiger partial charge in [0.05, 0.1) is 20.9 Å². The van der Waals surface area contributed by atoms with E-state index in [0.29, 0.717) is 5.69 Å². The largest absolute Gasteiger partial charge is 0.382 e. The fraction of sp³-hybridized carbons (Fsp3) is 0.120. The zero-order valence-corrected chi connectivity index (χ0v) is 21.4. The second-order valence-electron chi connectivity index (χ2n) is 8.48. The molecule has 0 radical (unpaired) electrons. The minimum absolute atomic E-state index is 0.0617. The highest BCUT2D eigenvalue weighted by atomic mass is 32.2. The van der Waals surface area contributed by atoms with E-state index in [-0.39, 0.29) is 33.1 Å².